The lowest BCUT2D eigenvalue weighted by molar-refractivity contribution is 0.129. The van der Waals surface area contributed by atoms with Crippen molar-refractivity contribution >= 4 is 0 Å². The Bertz CT molecular complexity index is 150. The third-order valence-electron chi connectivity index (χ3n) is 2.67. The molecule has 0 aromatic carbocycles. The number of rotatable bonds is 4. The van der Waals surface area contributed by atoms with Crippen molar-refractivity contribution in [1.29, 1.82) is 0 Å². The summed E-state index contributed by atoms with van der Waals surface area (Å²) in [5.74, 6) is 0. The Kier molecular flexibility index (Phi) is 4.16. The highest BCUT2D eigenvalue weighted by Crippen LogP contribution is 2.19. The fourth-order valence-electron chi connectivity index (χ4n) is 2.08. The first-order chi connectivity index (χ1) is 6.09. The van der Waals surface area contributed by atoms with Crippen LogP contribution in [0.1, 0.15) is 39.5 Å². The van der Waals surface area contributed by atoms with Crippen LogP contribution in [0.5, 0.6) is 0 Å². The van der Waals surface area contributed by atoms with Gasteiger partial charge < -0.3 is 15.5 Å². The molecule has 2 unspecified atom stereocenters. The van der Waals surface area contributed by atoms with E-state index in [9.17, 15) is 5.11 Å². The third-order valence-corrected chi connectivity index (χ3v) is 2.67. The minimum Gasteiger partial charge on any atom is -0.393 e. The highest BCUT2D eigenvalue weighted by atomic mass is 16.3. The van der Waals surface area contributed by atoms with E-state index in [0.717, 1.165) is 25.7 Å². The first kappa shape index (κ1) is 11.0. The minimum atomic E-state index is -0.263. The van der Waals surface area contributed by atoms with Crippen molar-refractivity contribution in [2.24, 2.45) is 0 Å². The first-order valence-electron chi connectivity index (χ1n) is 5.21. The molecule has 0 spiro atoms. The Morgan fingerprint density at radius 3 is 2.54 bits per heavy atom. The predicted octanol–water partition coefficient (Wildman–Crippen LogP) is 0.649. The smallest absolute Gasteiger partial charge is 0.0693 e. The molecule has 1 aliphatic rings. The van der Waals surface area contributed by atoms with Crippen LogP contribution in [0.2, 0.25) is 0 Å². The van der Waals surface area contributed by atoms with Gasteiger partial charge in [0, 0.05) is 12.1 Å². The largest absolute Gasteiger partial charge is 0.393 e. The molecule has 1 saturated carbocycles. The monoisotopic (exact) mass is 187 g/mol. The van der Waals surface area contributed by atoms with Crippen LogP contribution in [0, 0.1) is 0 Å². The summed E-state index contributed by atoms with van der Waals surface area (Å²) in [5, 5.41) is 22.1. The van der Waals surface area contributed by atoms with Gasteiger partial charge in [-0.3, -0.25) is 0 Å². The quantitative estimate of drug-likeness (QED) is 0.605. The maximum Gasteiger partial charge on any atom is 0.0693 e. The fraction of sp³-hybridized carbons (Fsp3) is 1.00. The number of aliphatic hydroxyl groups excluding tert-OH is 2. The van der Waals surface area contributed by atoms with Crippen LogP contribution in [-0.4, -0.2) is 34.5 Å². The summed E-state index contributed by atoms with van der Waals surface area (Å²) in [7, 11) is 0. The summed E-state index contributed by atoms with van der Waals surface area (Å²) in [6.07, 6.45) is 3.39. The van der Waals surface area contributed by atoms with E-state index in [-0.39, 0.29) is 24.3 Å². The van der Waals surface area contributed by atoms with Crippen molar-refractivity contribution < 1.29 is 10.2 Å². The summed E-state index contributed by atoms with van der Waals surface area (Å²) in [6, 6.07) is 0.534. The molecule has 0 saturated heterocycles. The van der Waals surface area contributed by atoms with Crippen LogP contribution < -0.4 is 5.32 Å². The first-order valence-corrected chi connectivity index (χ1v) is 5.21. The van der Waals surface area contributed by atoms with E-state index < -0.39 is 0 Å². The molecule has 78 valence electrons. The van der Waals surface area contributed by atoms with Crippen molar-refractivity contribution in [3.63, 3.8) is 0 Å². The lowest BCUT2D eigenvalue weighted by atomic mass is 10.1. The molecule has 13 heavy (non-hydrogen) atoms. The summed E-state index contributed by atoms with van der Waals surface area (Å²) < 4.78 is 0. The highest BCUT2D eigenvalue weighted by molar-refractivity contribution is 4.84. The fourth-order valence-corrected chi connectivity index (χ4v) is 2.08. The summed E-state index contributed by atoms with van der Waals surface area (Å²) in [4.78, 5) is 0. The second kappa shape index (κ2) is 4.94. The molecule has 3 nitrogen and oxygen atoms in total. The second-order valence-corrected chi connectivity index (χ2v) is 4.26. The molecule has 1 rings (SSSR count). The molecule has 1 aliphatic carbocycles. The van der Waals surface area contributed by atoms with E-state index in [1.807, 2.05) is 0 Å². The molecule has 0 bridgehead atoms. The number of hydrogen-bond donors (Lipinski definition) is 3. The van der Waals surface area contributed by atoms with Crippen molar-refractivity contribution in [3.8, 4) is 0 Å². The topological polar surface area (TPSA) is 52.5 Å². The standard InChI is InChI=1S/C10H21NO2/c1-7(6-8(2)12)11-9-4-3-5-10(9)13/h7-13H,3-6H2,1-2H3/t7?,8?,9-,10-/m0/s1. The van der Waals surface area contributed by atoms with Gasteiger partial charge >= 0.3 is 0 Å². The molecular formula is C10H21NO2. The van der Waals surface area contributed by atoms with Crippen molar-refractivity contribution in [2.75, 3.05) is 0 Å². The molecule has 0 amide bonds. The van der Waals surface area contributed by atoms with Crippen molar-refractivity contribution in [3.05, 3.63) is 0 Å². The molecule has 4 atom stereocenters. The van der Waals surface area contributed by atoms with Gasteiger partial charge in [0.15, 0.2) is 0 Å². The molecule has 3 heteroatoms. The second-order valence-electron chi connectivity index (χ2n) is 4.26. The van der Waals surface area contributed by atoms with Crippen LogP contribution in [-0.2, 0) is 0 Å². The Morgan fingerprint density at radius 1 is 1.38 bits per heavy atom. The third kappa shape index (κ3) is 3.63. The Balaban J connectivity index is 2.22. The molecular weight excluding hydrogens is 166 g/mol. The van der Waals surface area contributed by atoms with Gasteiger partial charge in [0.05, 0.1) is 12.2 Å². The molecule has 0 radical (unpaired) electrons. The minimum absolute atomic E-state index is 0.184. The van der Waals surface area contributed by atoms with Gasteiger partial charge in [0.25, 0.3) is 0 Å². The SMILES string of the molecule is CC(O)CC(C)N[C@H]1CCC[C@@H]1O. The number of nitrogens with one attached hydrogen (secondary N) is 1. The number of hydrogen-bond acceptors (Lipinski definition) is 3. The number of aliphatic hydroxyl groups is 2. The zero-order valence-corrected chi connectivity index (χ0v) is 8.53. The van der Waals surface area contributed by atoms with Gasteiger partial charge in [-0.15, -0.1) is 0 Å². The van der Waals surface area contributed by atoms with Crippen LogP contribution in [0.15, 0.2) is 0 Å². The van der Waals surface area contributed by atoms with E-state index in [2.05, 4.69) is 12.2 Å². The average molecular weight is 187 g/mol. The molecule has 0 aliphatic heterocycles. The Morgan fingerprint density at radius 2 is 2.08 bits per heavy atom. The van der Waals surface area contributed by atoms with Gasteiger partial charge in [-0.25, -0.2) is 0 Å². The van der Waals surface area contributed by atoms with E-state index in [4.69, 9.17) is 5.11 Å². The predicted molar refractivity (Wildman–Crippen MR) is 52.5 cm³/mol. The van der Waals surface area contributed by atoms with Crippen molar-refractivity contribution in [2.45, 2.75) is 63.8 Å². The lowest BCUT2D eigenvalue weighted by Gasteiger charge is -2.22. The van der Waals surface area contributed by atoms with Gasteiger partial charge in [0.1, 0.15) is 0 Å². The molecule has 0 aromatic rings. The normalized spacial score (nSPS) is 33.2. The lowest BCUT2D eigenvalue weighted by Crippen LogP contribution is -2.42. The van der Waals surface area contributed by atoms with E-state index in [0.29, 0.717) is 0 Å². The van der Waals surface area contributed by atoms with Crippen LogP contribution >= 0.6 is 0 Å². The van der Waals surface area contributed by atoms with E-state index >= 15 is 0 Å². The summed E-state index contributed by atoms with van der Waals surface area (Å²) in [5.41, 5.74) is 0. The van der Waals surface area contributed by atoms with Gasteiger partial charge in [-0.1, -0.05) is 0 Å². The molecule has 3 N–H and O–H groups in total. The van der Waals surface area contributed by atoms with Gasteiger partial charge in [0.2, 0.25) is 0 Å². The van der Waals surface area contributed by atoms with Crippen LogP contribution in [0.3, 0.4) is 0 Å². The Hall–Kier alpha value is -0.120. The van der Waals surface area contributed by atoms with E-state index in [1.54, 1.807) is 6.92 Å². The average Bonchev–Trinajstić information content (AvgIpc) is 2.34. The zero-order chi connectivity index (χ0) is 9.84. The molecule has 0 aromatic heterocycles. The molecule has 1 fully saturated rings. The highest BCUT2D eigenvalue weighted by Gasteiger charge is 2.26. The van der Waals surface area contributed by atoms with Gasteiger partial charge in [-0.05, 0) is 39.5 Å². The van der Waals surface area contributed by atoms with Crippen molar-refractivity contribution in [1.82, 2.24) is 5.32 Å². The van der Waals surface area contributed by atoms with Crippen LogP contribution in [0.25, 0.3) is 0 Å². The Labute approximate surface area is 80.2 Å². The van der Waals surface area contributed by atoms with Gasteiger partial charge in [-0.2, -0.15) is 0 Å². The van der Waals surface area contributed by atoms with E-state index in [1.165, 1.54) is 0 Å². The molecule has 0 heterocycles. The maximum absolute atomic E-state index is 9.55. The zero-order valence-electron chi connectivity index (χ0n) is 8.53. The maximum atomic E-state index is 9.55. The summed E-state index contributed by atoms with van der Waals surface area (Å²) >= 11 is 0. The van der Waals surface area contributed by atoms with Crippen LogP contribution in [0.4, 0.5) is 0 Å². The summed E-state index contributed by atoms with van der Waals surface area (Å²) in [6.45, 7) is 3.85.